The van der Waals surface area contributed by atoms with E-state index in [1.807, 2.05) is 0 Å². The molecule has 4 nitrogen and oxygen atoms in total. The Morgan fingerprint density at radius 3 is 2.47 bits per heavy atom. The molecule has 4 heteroatoms. The number of benzene rings is 1. The number of phenolic OH excluding ortho intramolecular Hbond substituents is 1. The quantitative estimate of drug-likeness (QED) is 0.709. The van der Waals surface area contributed by atoms with Crippen LogP contribution >= 0.6 is 0 Å². The highest BCUT2D eigenvalue weighted by molar-refractivity contribution is 5.88. The topological polar surface area (TPSA) is 77.8 Å². The van der Waals surface area contributed by atoms with Gasteiger partial charge in [-0.3, -0.25) is 0 Å². The van der Waals surface area contributed by atoms with Gasteiger partial charge in [0.05, 0.1) is 11.7 Å². The second-order valence-electron chi connectivity index (χ2n) is 5.33. The van der Waals surface area contributed by atoms with Gasteiger partial charge in [0.1, 0.15) is 5.75 Å². The summed E-state index contributed by atoms with van der Waals surface area (Å²) in [7, 11) is 0. The van der Waals surface area contributed by atoms with Crippen molar-refractivity contribution in [2.45, 2.75) is 45.6 Å². The average molecular weight is 266 g/mol. The van der Waals surface area contributed by atoms with E-state index in [0.29, 0.717) is 24.3 Å². The summed E-state index contributed by atoms with van der Waals surface area (Å²) in [5.41, 5.74) is 0.637. The molecule has 1 rings (SSSR count). The van der Waals surface area contributed by atoms with Gasteiger partial charge in [-0.15, -0.1) is 0 Å². The first-order chi connectivity index (χ1) is 8.90. The fraction of sp³-hybridized carbons (Fsp3) is 0.533. The molecular weight excluding hydrogens is 244 g/mol. The van der Waals surface area contributed by atoms with E-state index in [1.165, 1.54) is 12.1 Å². The Morgan fingerprint density at radius 1 is 1.26 bits per heavy atom. The Labute approximate surface area is 113 Å². The fourth-order valence-corrected chi connectivity index (χ4v) is 1.99. The number of carbonyl (C=O) groups is 1. The number of hydrogen-bond acceptors (Lipinski definition) is 3. The maximum Gasteiger partial charge on any atom is 0.335 e. The van der Waals surface area contributed by atoms with Gasteiger partial charge >= 0.3 is 5.97 Å². The van der Waals surface area contributed by atoms with Gasteiger partial charge in [-0.25, -0.2) is 4.79 Å². The van der Waals surface area contributed by atoms with Gasteiger partial charge in [0, 0.05) is 6.42 Å². The summed E-state index contributed by atoms with van der Waals surface area (Å²) in [6.07, 6.45) is 2.57. The summed E-state index contributed by atoms with van der Waals surface area (Å²) in [5, 5.41) is 28.4. The first kappa shape index (κ1) is 15.5. The molecule has 0 aliphatic rings. The van der Waals surface area contributed by atoms with Crippen molar-refractivity contribution < 1.29 is 20.1 Å². The van der Waals surface area contributed by atoms with E-state index in [1.54, 1.807) is 6.07 Å². The van der Waals surface area contributed by atoms with Crippen LogP contribution in [-0.2, 0) is 6.42 Å². The van der Waals surface area contributed by atoms with E-state index in [2.05, 4.69) is 13.8 Å². The lowest BCUT2D eigenvalue weighted by Gasteiger charge is -2.13. The van der Waals surface area contributed by atoms with Crippen LogP contribution in [0.15, 0.2) is 18.2 Å². The third kappa shape index (κ3) is 5.30. The summed E-state index contributed by atoms with van der Waals surface area (Å²) in [5.74, 6) is -0.516. The SMILES string of the molecule is CC(C)CCCC(O)Cc1ccc(C(=O)O)cc1O. The van der Waals surface area contributed by atoms with Crippen LogP contribution in [0.4, 0.5) is 0 Å². The minimum atomic E-state index is -1.07. The normalized spacial score (nSPS) is 12.6. The summed E-state index contributed by atoms with van der Waals surface area (Å²) < 4.78 is 0. The molecule has 1 atom stereocenters. The van der Waals surface area contributed by atoms with Crippen LogP contribution in [0.2, 0.25) is 0 Å². The highest BCUT2D eigenvalue weighted by Crippen LogP contribution is 2.22. The van der Waals surface area contributed by atoms with E-state index in [0.717, 1.165) is 12.8 Å². The lowest BCUT2D eigenvalue weighted by atomic mass is 9.99. The minimum absolute atomic E-state index is 0.0514. The number of phenols is 1. The molecular formula is C15H22O4. The average Bonchev–Trinajstić information content (AvgIpc) is 2.31. The fourth-order valence-electron chi connectivity index (χ4n) is 1.99. The number of rotatable bonds is 7. The van der Waals surface area contributed by atoms with Crippen LogP contribution in [0.25, 0.3) is 0 Å². The van der Waals surface area contributed by atoms with Crippen LogP contribution in [0, 0.1) is 5.92 Å². The van der Waals surface area contributed by atoms with Gasteiger partial charge in [0.15, 0.2) is 0 Å². The second kappa shape index (κ2) is 7.14. The monoisotopic (exact) mass is 266 g/mol. The van der Waals surface area contributed by atoms with Gasteiger partial charge in [-0.2, -0.15) is 0 Å². The summed E-state index contributed by atoms with van der Waals surface area (Å²) in [4.78, 5) is 10.7. The minimum Gasteiger partial charge on any atom is -0.508 e. The van der Waals surface area contributed by atoms with E-state index in [-0.39, 0.29) is 11.3 Å². The first-order valence-electron chi connectivity index (χ1n) is 6.63. The van der Waals surface area contributed by atoms with Crippen LogP contribution in [0.3, 0.4) is 0 Å². The molecule has 0 amide bonds. The van der Waals surface area contributed by atoms with Crippen molar-refractivity contribution in [3.05, 3.63) is 29.3 Å². The third-order valence-corrected chi connectivity index (χ3v) is 3.11. The van der Waals surface area contributed by atoms with Crippen LogP contribution in [-0.4, -0.2) is 27.4 Å². The van der Waals surface area contributed by atoms with Crippen LogP contribution < -0.4 is 0 Å². The third-order valence-electron chi connectivity index (χ3n) is 3.11. The van der Waals surface area contributed by atoms with E-state index >= 15 is 0 Å². The number of hydrogen-bond donors (Lipinski definition) is 3. The Bertz CT molecular complexity index is 426. The van der Waals surface area contributed by atoms with Gasteiger partial charge in [-0.05, 0) is 30.0 Å². The molecule has 0 spiro atoms. The Kier molecular flexibility index (Phi) is 5.83. The van der Waals surface area contributed by atoms with E-state index in [9.17, 15) is 15.0 Å². The predicted molar refractivity (Wildman–Crippen MR) is 73.5 cm³/mol. The summed E-state index contributed by atoms with van der Waals surface area (Å²) >= 11 is 0. The molecule has 0 heterocycles. The molecule has 3 N–H and O–H groups in total. The van der Waals surface area contributed by atoms with Crippen molar-refractivity contribution in [1.29, 1.82) is 0 Å². The molecule has 1 unspecified atom stereocenters. The van der Waals surface area contributed by atoms with Gasteiger partial charge < -0.3 is 15.3 Å². The van der Waals surface area contributed by atoms with Crippen LogP contribution in [0.5, 0.6) is 5.75 Å². The van der Waals surface area contributed by atoms with Crippen molar-refractivity contribution in [2.75, 3.05) is 0 Å². The Hall–Kier alpha value is -1.55. The van der Waals surface area contributed by atoms with Crippen molar-refractivity contribution in [3.63, 3.8) is 0 Å². The maximum absolute atomic E-state index is 10.7. The predicted octanol–water partition coefficient (Wildman–Crippen LogP) is 2.82. The van der Waals surface area contributed by atoms with Gasteiger partial charge in [0.2, 0.25) is 0 Å². The molecule has 0 radical (unpaired) electrons. The van der Waals surface area contributed by atoms with Crippen molar-refractivity contribution >= 4 is 5.97 Å². The van der Waals surface area contributed by atoms with Crippen molar-refractivity contribution in [2.24, 2.45) is 5.92 Å². The number of aromatic carboxylic acids is 1. The number of aromatic hydroxyl groups is 1. The van der Waals surface area contributed by atoms with E-state index < -0.39 is 12.1 Å². The van der Waals surface area contributed by atoms with Crippen LogP contribution in [0.1, 0.15) is 49.0 Å². The zero-order chi connectivity index (χ0) is 14.4. The standard InChI is InChI=1S/C15H22O4/c1-10(2)4-3-5-13(16)8-11-6-7-12(15(18)19)9-14(11)17/h6-7,9-10,13,16-17H,3-5,8H2,1-2H3,(H,18,19). The molecule has 0 saturated heterocycles. The van der Waals surface area contributed by atoms with Gasteiger partial charge in [0.25, 0.3) is 0 Å². The Balaban J connectivity index is 2.54. The highest BCUT2D eigenvalue weighted by atomic mass is 16.4. The number of carboxylic acids is 1. The zero-order valence-electron chi connectivity index (χ0n) is 11.5. The Morgan fingerprint density at radius 2 is 1.95 bits per heavy atom. The molecule has 19 heavy (non-hydrogen) atoms. The molecule has 0 fully saturated rings. The number of aliphatic hydroxyl groups is 1. The van der Waals surface area contributed by atoms with Crippen molar-refractivity contribution in [1.82, 2.24) is 0 Å². The smallest absolute Gasteiger partial charge is 0.335 e. The molecule has 106 valence electrons. The van der Waals surface area contributed by atoms with Gasteiger partial charge in [-0.1, -0.05) is 32.8 Å². The zero-order valence-corrected chi connectivity index (χ0v) is 11.5. The summed E-state index contributed by atoms with van der Waals surface area (Å²) in [6, 6.07) is 4.22. The molecule has 1 aromatic rings. The largest absolute Gasteiger partial charge is 0.508 e. The lowest BCUT2D eigenvalue weighted by Crippen LogP contribution is -2.11. The number of aliphatic hydroxyl groups excluding tert-OH is 1. The lowest BCUT2D eigenvalue weighted by molar-refractivity contribution is 0.0696. The molecule has 1 aromatic carbocycles. The maximum atomic E-state index is 10.7. The first-order valence-corrected chi connectivity index (χ1v) is 6.63. The molecule has 0 saturated carbocycles. The van der Waals surface area contributed by atoms with E-state index in [4.69, 9.17) is 5.11 Å². The molecule has 0 aliphatic heterocycles. The van der Waals surface area contributed by atoms with Crippen molar-refractivity contribution in [3.8, 4) is 5.75 Å². The second-order valence-corrected chi connectivity index (χ2v) is 5.33. The molecule has 0 aromatic heterocycles. The number of carboxylic acid groups (broad SMARTS) is 1. The summed E-state index contributed by atoms with van der Waals surface area (Å²) in [6.45, 7) is 4.28. The highest BCUT2D eigenvalue weighted by Gasteiger charge is 2.12. The molecule has 0 bridgehead atoms. The molecule has 0 aliphatic carbocycles.